The van der Waals surface area contributed by atoms with E-state index in [9.17, 15) is 0 Å². The molecule has 0 bridgehead atoms. The van der Waals surface area contributed by atoms with Crippen LogP contribution in [0.5, 0.6) is 0 Å². The fourth-order valence-corrected chi connectivity index (χ4v) is 4.33. The molecule has 0 aliphatic carbocycles. The topological polar surface area (TPSA) is 24.9 Å². The molecule has 6 heteroatoms. The third kappa shape index (κ3) is 6.82. The molecule has 0 aromatic heterocycles. The largest absolute Gasteiger partial charge is 0.418 e. The molecule has 18 heavy (non-hydrogen) atoms. The molecule has 3 radical (unpaired) electrons. The van der Waals surface area contributed by atoms with Gasteiger partial charge < -0.3 is 8.85 Å². The highest BCUT2D eigenvalue weighted by Crippen LogP contribution is 2.05. The van der Waals surface area contributed by atoms with Gasteiger partial charge in [0.2, 0.25) is 0 Å². The maximum atomic E-state index is 5.69. The number of nitrogens with zero attached hydrogens (tertiary/aromatic N) is 2. The van der Waals surface area contributed by atoms with Gasteiger partial charge in [0, 0.05) is 13.2 Å². The van der Waals surface area contributed by atoms with Crippen LogP contribution in [0.4, 0.5) is 0 Å². The fraction of sp³-hybridized carbons (Fsp3) is 0.833. The average molecular weight is 288 g/mol. The minimum Gasteiger partial charge on any atom is -0.390 e. The quantitative estimate of drug-likeness (QED) is 0.468. The Morgan fingerprint density at radius 1 is 1.11 bits per heavy atom. The molecule has 105 valence electrons. The van der Waals surface area contributed by atoms with E-state index >= 15 is 0 Å². The first-order valence-corrected chi connectivity index (χ1v) is 8.79. The Hall–Kier alpha value is 0.0138. The highest BCUT2D eigenvalue weighted by Gasteiger charge is 2.19. The Morgan fingerprint density at radius 2 is 1.56 bits per heavy atom. The van der Waals surface area contributed by atoms with E-state index in [-0.39, 0.29) is 0 Å². The zero-order valence-corrected chi connectivity index (χ0v) is 14.8. The molecule has 0 rings (SSSR count). The first-order chi connectivity index (χ1) is 8.43. The van der Waals surface area contributed by atoms with E-state index in [0.29, 0.717) is 19.0 Å². The normalized spacial score (nSPS) is 13.4. The molecule has 0 aromatic rings. The van der Waals surface area contributed by atoms with E-state index in [1.54, 1.807) is 0 Å². The number of allylic oxidation sites excluding steroid dienone is 1. The molecule has 0 amide bonds. The summed E-state index contributed by atoms with van der Waals surface area (Å²) in [7, 11) is 7.92. The van der Waals surface area contributed by atoms with Crippen LogP contribution in [0.15, 0.2) is 10.9 Å². The highest BCUT2D eigenvalue weighted by molar-refractivity contribution is 6.57. The first kappa shape index (κ1) is 18.0. The van der Waals surface area contributed by atoms with Gasteiger partial charge in [-0.05, 0) is 54.2 Å². The third-order valence-electron chi connectivity index (χ3n) is 2.30. The molecule has 0 spiro atoms. The minimum atomic E-state index is -1.24. The molecule has 0 aliphatic heterocycles. The van der Waals surface area contributed by atoms with Crippen LogP contribution in [0.1, 0.15) is 20.8 Å². The first-order valence-electron chi connectivity index (χ1n) is 6.32. The van der Waals surface area contributed by atoms with Gasteiger partial charge in [0.25, 0.3) is 0 Å². The van der Waals surface area contributed by atoms with Crippen molar-refractivity contribution in [1.82, 2.24) is 9.80 Å². The summed E-state index contributed by atoms with van der Waals surface area (Å²) in [5.74, 6) is 0.437. The standard InChI is InChI=1S/C12H27N2O2Si2/c1-8-15-18(16-9-2)11(3)10-17-12(13(4)5)14(6)7/h10,12H,8-9H2,1-7H3. The van der Waals surface area contributed by atoms with Gasteiger partial charge in [-0.3, -0.25) is 9.80 Å². The predicted molar refractivity (Wildman–Crippen MR) is 79.7 cm³/mol. The van der Waals surface area contributed by atoms with Gasteiger partial charge in [-0.1, -0.05) is 5.70 Å². The number of hydrogen-bond donors (Lipinski definition) is 0. The molecule has 4 nitrogen and oxygen atoms in total. The van der Waals surface area contributed by atoms with Crippen molar-refractivity contribution in [1.29, 1.82) is 0 Å². The smallest absolute Gasteiger partial charge is 0.390 e. The summed E-state index contributed by atoms with van der Waals surface area (Å²) < 4.78 is 11.4. The van der Waals surface area contributed by atoms with E-state index in [4.69, 9.17) is 8.85 Å². The van der Waals surface area contributed by atoms with E-state index in [0.717, 1.165) is 9.52 Å². The molecule has 0 saturated heterocycles. The van der Waals surface area contributed by atoms with Gasteiger partial charge in [-0.15, -0.1) is 0 Å². The Morgan fingerprint density at radius 3 is 1.89 bits per heavy atom. The number of rotatable bonds is 9. The number of hydrogen-bond acceptors (Lipinski definition) is 4. The summed E-state index contributed by atoms with van der Waals surface area (Å²) in [6, 6.07) is 0. The summed E-state index contributed by atoms with van der Waals surface area (Å²) in [6.45, 7) is 7.58. The maximum Gasteiger partial charge on any atom is 0.418 e. The molecule has 0 N–H and O–H groups in total. The zero-order valence-electron chi connectivity index (χ0n) is 12.8. The van der Waals surface area contributed by atoms with Gasteiger partial charge in [0.1, 0.15) is 9.52 Å². The van der Waals surface area contributed by atoms with Crippen LogP contribution in [-0.2, 0) is 8.85 Å². The van der Waals surface area contributed by atoms with E-state index in [2.05, 4.69) is 50.6 Å². The second kappa shape index (κ2) is 9.88. The van der Waals surface area contributed by atoms with Crippen molar-refractivity contribution in [2.45, 2.75) is 26.6 Å². The Balaban J connectivity index is 4.52. The van der Waals surface area contributed by atoms with Crippen LogP contribution in [0.2, 0.25) is 0 Å². The van der Waals surface area contributed by atoms with Gasteiger partial charge in [-0.2, -0.15) is 0 Å². The third-order valence-corrected chi connectivity index (χ3v) is 6.41. The van der Waals surface area contributed by atoms with Crippen molar-refractivity contribution in [3.8, 4) is 0 Å². The molecule has 0 heterocycles. The summed E-state index contributed by atoms with van der Waals surface area (Å²) in [4.78, 5) is 4.46. The van der Waals surface area contributed by atoms with Crippen LogP contribution in [0.25, 0.3) is 0 Å². The molecule has 0 unspecified atom stereocenters. The summed E-state index contributed by atoms with van der Waals surface area (Å²) in [6.07, 6.45) is 0. The Labute approximate surface area is 117 Å². The Kier molecular flexibility index (Phi) is 9.89. The lowest BCUT2D eigenvalue weighted by Crippen LogP contribution is -2.44. The summed E-state index contributed by atoms with van der Waals surface area (Å²) in [5, 5.41) is 1.26. The molecule has 0 aliphatic rings. The highest BCUT2D eigenvalue weighted by atomic mass is 28.3. The second-order valence-electron chi connectivity index (χ2n) is 4.45. The van der Waals surface area contributed by atoms with Crippen molar-refractivity contribution in [3.63, 3.8) is 0 Å². The zero-order chi connectivity index (χ0) is 14.1. The SMILES string of the molecule is CCO[Si](OCC)C(C)=C[Si]C(N(C)C)N(C)C. The van der Waals surface area contributed by atoms with Crippen molar-refractivity contribution in [2.24, 2.45) is 0 Å². The molecule has 0 saturated carbocycles. The molecular formula is C12H27N2O2Si2. The summed E-state index contributed by atoms with van der Waals surface area (Å²) in [5.41, 5.74) is 2.28. The monoisotopic (exact) mass is 287 g/mol. The van der Waals surface area contributed by atoms with E-state index in [1.807, 2.05) is 13.8 Å². The summed E-state index contributed by atoms with van der Waals surface area (Å²) >= 11 is 0. The predicted octanol–water partition coefficient (Wildman–Crippen LogP) is 1.10. The van der Waals surface area contributed by atoms with Crippen LogP contribution in [0.3, 0.4) is 0 Å². The van der Waals surface area contributed by atoms with Gasteiger partial charge in [0.05, 0.1) is 5.79 Å². The lowest BCUT2D eigenvalue weighted by Gasteiger charge is -2.29. The lowest BCUT2D eigenvalue weighted by molar-refractivity contribution is 0.201. The van der Waals surface area contributed by atoms with Gasteiger partial charge >= 0.3 is 9.28 Å². The van der Waals surface area contributed by atoms with Crippen molar-refractivity contribution < 1.29 is 8.85 Å². The lowest BCUT2D eigenvalue weighted by atomic mass is 10.7. The van der Waals surface area contributed by atoms with Crippen molar-refractivity contribution >= 4 is 18.8 Å². The average Bonchev–Trinajstić information content (AvgIpc) is 2.27. The van der Waals surface area contributed by atoms with Crippen LogP contribution in [-0.4, -0.2) is 75.8 Å². The van der Waals surface area contributed by atoms with E-state index < -0.39 is 9.28 Å². The van der Waals surface area contributed by atoms with E-state index in [1.165, 1.54) is 5.20 Å². The van der Waals surface area contributed by atoms with Crippen molar-refractivity contribution in [3.05, 3.63) is 10.9 Å². The van der Waals surface area contributed by atoms with Crippen LogP contribution >= 0.6 is 0 Å². The minimum absolute atomic E-state index is 0.437. The fourth-order valence-electron chi connectivity index (χ4n) is 1.55. The van der Waals surface area contributed by atoms with Gasteiger partial charge in [-0.25, -0.2) is 0 Å². The van der Waals surface area contributed by atoms with Crippen LogP contribution in [0, 0.1) is 0 Å². The second-order valence-corrected chi connectivity index (χ2v) is 7.53. The van der Waals surface area contributed by atoms with Crippen molar-refractivity contribution in [2.75, 3.05) is 41.4 Å². The molecular weight excluding hydrogens is 260 g/mol. The molecule has 0 atom stereocenters. The van der Waals surface area contributed by atoms with Crippen LogP contribution < -0.4 is 0 Å². The van der Waals surface area contributed by atoms with Gasteiger partial charge in [0.15, 0.2) is 0 Å². The Bertz CT molecular complexity index is 234. The molecule has 0 aromatic carbocycles. The molecule has 0 fully saturated rings. The maximum absolute atomic E-state index is 5.69.